The Morgan fingerprint density at radius 3 is 2.50 bits per heavy atom. The lowest BCUT2D eigenvalue weighted by Crippen LogP contribution is -2.42. The van der Waals surface area contributed by atoms with Gasteiger partial charge in [0.25, 0.3) is 5.91 Å². The van der Waals surface area contributed by atoms with Crippen LogP contribution >= 0.6 is 0 Å². The van der Waals surface area contributed by atoms with Crippen molar-refractivity contribution >= 4 is 5.91 Å². The first-order valence-corrected chi connectivity index (χ1v) is 7.03. The van der Waals surface area contributed by atoms with Gasteiger partial charge in [0.1, 0.15) is 5.75 Å². The van der Waals surface area contributed by atoms with E-state index in [4.69, 9.17) is 4.74 Å². The summed E-state index contributed by atoms with van der Waals surface area (Å²) in [6.45, 7) is 10.6. The number of hydrogen-bond donors (Lipinski definition) is 1. The Labute approximate surface area is 121 Å². The minimum atomic E-state index is -0.904. The second kappa shape index (κ2) is 6.75. The fraction of sp³-hybridized carbons (Fsp3) is 0.562. The van der Waals surface area contributed by atoms with Crippen molar-refractivity contribution in [3.05, 3.63) is 29.3 Å². The second-order valence-electron chi connectivity index (χ2n) is 5.55. The first kappa shape index (κ1) is 16.5. The number of rotatable bonds is 6. The second-order valence-corrected chi connectivity index (χ2v) is 5.55. The summed E-state index contributed by atoms with van der Waals surface area (Å²) in [6.07, 6.45) is 0. The lowest BCUT2D eigenvalue weighted by molar-refractivity contribution is 0.0314. The van der Waals surface area contributed by atoms with Gasteiger partial charge in [0.05, 0.1) is 12.2 Å². The van der Waals surface area contributed by atoms with E-state index in [9.17, 15) is 9.90 Å². The minimum absolute atomic E-state index is 0.0874. The average molecular weight is 279 g/mol. The largest absolute Gasteiger partial charge is 0.494 e. The van der Waals surface area contributed by atoms with Crippen LogP contribution < -0.4 is 4.74 Å². The van der Waals surface area contributed by atoms with Crippen molar-refractivity contribution in [2.24, 2.45) is 0 Å². The highest BCUT2D eigenvalue weighted by Gasteiger charge is 2.22. The Morgan fingerprint density at radius 2 is 2.00 bits per heavy atom. The molecule has 0 fully saturated rings. The van der Waals surface area contributed by atoms with Gasteiger partial charge in [0.15, 0.2) is 0 Å². The molecule has 0 aliphatic heterocycles. The Balaban J connectivity index is 2.98. The molecule has 1 rings (SSSR count). The Bertz CT molecular complexity index is 463. The summed E-state index contributed by atoms with van der Waals surface area (Å²) in [5, 5.41) is 9.88. The molecule has 0 saturated heterocycles. The van der Waals surface area contributed by atoms with E-state index in [-0.39, 0.29) is 5.91 Å². The van der Waals surface area contributed by atoms with E-state index >= 15 is 0 Å². The van der Waals surface area contributed by atoms with E-state index in [0.29, 0.717) is 25.3 Å². The number of hydrogen-bond acceptors (Lipinski definition) is 3. The molecule has 0 bridgehead atoms. The van der Waals surface area contributed by atoms with Crippen LogP contribution in [0.5, 0.6) is 5.75 Å². The standard InChI is InChI=1S/C16H25NO3/c1-6-17(11-16(4,5)19)15(18)13-9-8-12(3)14(10-13)20-7-2/h8-10,19H,6-7,11H2,1-5H3. The fourth-order valence-electron chi connectivity index (χ4n) is 2.02. The van der Waals surface area contributed by atoms with E-state index in [1.807, 2.05) is 26.8 Å². The van der Waals surface area contributed by atoms with Crippen LogP contribution in [0, 0.1) is 6.92 Å². The van der Waals surface area contributed by atoms with Gasteiger partial charge in [0.2, 0.25) is 0 Å². The van der Waals surface area contributed by atoms with Gasteiger partial charge in [-0.25, -0.2) is 0 Å². The number of amides is 1. The average Bonchev–Trinajstić information content (AvgIpc) is 2.37. The number of benzene rings is 1. The third-order valence-corrected chi connectivity index (χ3v) is 2.98. The van der Waals surface area contributed by atoms with E-state index in [0.717, 1.165) is 11.3 Å². The zero-order valence-electron chi connectivity index (χ0n) is 13.1. The molecule has 0 aromatic heterocycles. The van der Waals surface area contributed by atoms with Crippen LogP contribution in [0.25, 0.3) is 0 Å². The van der Waals surface area contributed by atoms with Gasteiger partial charge in [-0.3, -0.25) is 4.79 Å². The number of aliphatic hydroxyl groups is 1. The Morgan fingerprint density at radius 1 is 1.35 bits per heavy atom. The molecule has 0 heterocycles. The van der Waals surface area contributed by atoms with Gasteiger partial charge in [-0.1, -0.05) is 6.07 Å². The van der Waals surface area contributed by atoms with Crippen LogP contribution in [0.4, 0.5) is 0 Å². The van der Waals surface area contributed by atoms with Crippen molar-refractivity contribution in [2.75, 3.05) is 19.7 Å². The normalized spacial score (nSPS) is 11.3. The van der Waals surface area contributed by atoms with E-state index in [1.54, 1.807) is 30.9 Å². The summed E-state index contributed by atoms with van der Waals surface area (Å²) in [7, 11) is 0. The zero-order chi connectivity index (χ0) is 15.3. The molecular formula is C16H25NO3. The molecule has 4 nitrogen and oxygen atoms in total. The molecule has 0 radical (unpaired) electrons. The number of carbonyl (C=O) groups is 1. The molecule has 4 heteroatoms. The SMILES string of the molecule is CCOc1cc(C(=O)N(CC)CC(C)(C)O)ccc1C. The highest BCUT2D eigenvalue weighted by atomic mass is 16.5. The molecule has 0 atom stereocenters. The van der Waals surface area contributed by atoms with Crippen molar-refractivity contribution in [3.8, 4) is 5.75 Å². The maximum absolute atomic E-state index is 12.5. The minimum Gasteiger partial charge on any atom is -0.494 e. The van der Waals surface area contributed by atoms with E-state index in [1.165, 1.54) is 0 Å². The summed E-state index contributed by atoms with van der Waals surface area (Å²) in [6, 6.07) is 5.46. The van der Waals surface area contributed by atoms with Gasteiger partial charge in [-0.15, -0.1) is 0 Å². The highest BCUT2D eigenvalue weighted by molar-refractivity contribution is 5.94. The fourth-order valence-corrected chi connectivity index (χ4v) is 2.02. The van der Waals surface area contributed by atoms with Crippen LogP contribution in [-0.4, -0.2) is 41.2 Å². The zero-order valence-corrected chi connectivity index (χ0v) is 13.1. The lowest BCUT2D eigenvalue weighted by Gasteiger charge is -2.28. The molecule has 1 amide bonds. The molecule has 0 saturated carbocycles. The molecule has 112 valence electrons. The number of likely N-dealkylation sites (N-methyl/N-ethyl adjacent to an activating group) is 1. The predicted molar refractivity (Wildman–Crippen MR) is 80.2 cm³/mol. The van der Waals surface area contributed by atoms with Gasteiger partial charge >= 0.3 is 0 Å². The number of ether oxygens (including phenoxy) is 1. The third-order valence-electron chi connectivity index (χ3n) is 2.98. The monoisotopic (exact) mass is 279 g/mol. The molecule has 0 spiro atoms. The van der Waals surface area contributed by atoms with Crippen LogP contribution in [-0.2, 0) is 0 Å². The summed E-state index contributed by atoms with van der Waals surface area (Å²) >= 11 is 0. The van der Waals surface area contributed by atoms with Crippen LogP contribution in [0.15, 0.2) is 18.2 Å². The Kier molecular flexibility index (Phi) is 5.57. The van der Waals surface area contributed by atoms with Gasteiger partial charge < -0.3 is 14.7 Å². The first-order valence-electron chi connectivity index (χ1n) is 7.03. The summed E-state index contributed by atoms with van der Waals surface area (Å²) in [4.78, 5) is 14.1. The molecule has 0 aliphatic carbocycles. The molecule has 1 aromatic rings. The Hall–Kier alpha value is -1.55. The maximum Gasteiger partial charge on any atom is 0.254 e. The number of nitrogens with zero attached hydrogens (tertiary/aromatic N) is 1. The topological polar surface area (TPSA) is 49.8 Å². The summed E-state index contributed by atoms with van der Waals surface area (Å²) in [5.41, 5.74) is 0.693. The molecule has 1 aromatic carbocycles. The van der Waals surface area contributed by atoms with E-state index in [2.05, 4.69) is 0 Å². The van der Waals surface area contributed by atoms with Gasteiger partial charge in [-0.05, 0) is 52.3 Å². The van der Waals surface area contributed by atoms with Crippen molar-refractivity contribution in [2.45, 2.75) is 40.2 Å². The van der Waals surface area contributed by atoms with Crippen molar-refractivity contribution in [1.29, 1.82) is 0 Å². The molecule has 20 heavy (non-hydrogen) atoms. The number of aryl methyl sites for hydroxylation is 1. The maximum atomic E-state index is 12.5. The van der Waals surface area contributed by atoms with Gasteiger partial charge in [-0.2, -0.15) is 0 Å². The molecular weight excluding hydrogens is 254 g/mol. The molecule has 1 N–H and O–H groups in total. The van der Waals surface area contributed by atoms with Crippen LogP contribution in [0.3, 0.4) is 0 Å². The van der Waals surface area contributed by atoms with Crippen molar-refractivity contribution in [1.82, 2.24) is 4.90 Å². The number of carbonyl (C=O) groups excluding carboxylic acids is 1. The van der Waals surface area contributed by atoms with Crippen molar-refractivity contribution < 1.29 is 14.6 Å². The quantitative estimate of drug-likeness (QED) is 0.871. The van der Waals surface area contributed by atoms with Crippen LogP contribution in [0.1, 0.15) is 43.6 Å². The first-order chi connectivity index (χ1) is 9.28. The lowest BCUT2D eigenvalue weighted by atomic mass is 10.1. The van der Waals surface area contributed by atoms with E-state index < -0.39 is 5.60 Å². The van der Waals surface area contributed by atoms with Gasteiger partial charge in [0, 0.05) is 18.7 Å². The summed E-state index contributed by atoms with van der Waals surface area (Å²) < 4.78 is 5.52. The highest BCUT2D eigenvalue weighted by Crippen LogP contribution is 2.21. The smallest absolute Gasteiger partial charge is 0.254 e. The third kappa shape index (κ3) is 4.53. The molecule has 0 unspecified atom stereocenters. The summed E-state index contributed by atoms with van der Waals surface area (Å²) in [5.74, 6) is 0.647. The predicted octanol–water partition coefficient (Wildman–Crippen LogP) is 2.63. The molecule has 0 aliphatic rings. The van der Waals surface area contributed by atoms with Crippen molar-refractivity contribution in [3.63, 3.8) is 0 Å². The van der Waals surface area contributed by atoms with Crippen LogP contribution in [0.2, 0.25) is 0 Å².